The SMILES string of the molecule is Fc1ccccc1C1=CNCN1c1ccncc1Cl. The van der Waals surface area contributed by atoms with Crippen molar-refractivity contribution in [3.8, 4) is 0 Å². The van der Waals surface area contributed by atoms with Gasteiger partial charge in [-0.3, -0.25) is 4.98 Å². The maximum absolute atomic E-state index is 13.9. The number of nitrogens with zero attached hydrogens (tertiary/aromatic N) is 2. The van der Waals surface area contributed by atoms with Gasteiger partial charge in [0.25, 0.3) is 0 Å². The highest BCUT2D eigenvalue weighted by molar-refractivity contribution is 6.33. The van der Waals surface area contributed by atoms with Gasteiger partial charge in [-0.25, -0.2) is 4.39 Å². The Bertz CT molecular complexity index is 642. The van der Waals surface area contributed by atoms with E-state index in [9.17, 15) is 4.39 Å². The molecule has 3 rings (SSSR count). The van der Waals surface area contributed by atoms with E-state index in [0.717, 1.165) is 11.4 Å². The summed E-state index contributed by atoms with van der Waals surface area (Å²) in [4.78, 5) is 5.88. The van der Waals surface area contributed by atoms with Crippen LogP contribution in [0.5, 0.6) is 0 Å². The van der Waals surface area contributed by atoms with E-state index in [1.54, 1.807) is 30.7 Å². The molecular weight excluding hydrogens is 265 g/mol. The highest BCUT2D eigenvalue weighted by Crippen LogP contribution is 2.33. The fourth-order valence-corrected chi connectivity index (χ4v) is 2.31. The summed E-state index contributed by atoms with van der Waals surface area (Å²) in [5, 5.41) is 3.63. The molecule has 5 heteroatoms. The Morgan fingerprint density at radius 2 is 2.11 bits per heavy atom. The van der Waals surface area contributed by atoms with Crippen LogP contribution in [-0.4, -0.2) is 11.7 Å². The smallest absolute Gasteiger partial charge is 0.132 e. The zero-order chi connectivity index (χ0) is 13.2. The molecule has 96 valence electrons. The summed E-state index contributed by atoms with van der Waals surface area (Å²) in [6.07, 6.45) is 5.03. The molecule has 1 aliphatic heterocycles. The standard InChI is InChI=1S/C14H11ClFN3/c15-11-7-17-6-5-13(11)19-9-18-8-14(19)10-3-1-2-4-12(10)16/h1-8,18H,9H2. The lowest BCUT2D eigenvalue weighted by Crippen LogP contribution is -2.23. The average molecular weight is 276 g/mol. The zero-order valence-electron chi connectivity index (χ0n) is 9.98. The molecule has 2 heterocycles. The number of hydrogen-bond donors (Lipinski definition) is 1. The number of nitrogens with one attached hydrogen (secondary N) is 1. The van der Waals surface area contributed by atoms with Crippen molar-refractivity contribution < 1.29 is 4.39 Å². The predicted molar refractivity (Wildman–Crippen MR) is 74.1 cm³/mol. The molecule has 0 atom stereocenters. The fourth-order valence-electron chi connectivity index (χ4n) is 2.09. The van der Waals surface area contributed by atoms with Gasteiger partial charge in [-0.15, -0.1) is 0 Å². The molecule has 0 unspecified atom stereocenters. The first-order chi connectivity index (χ1) is 9.27. The molecule has 0 radical (unpaired) electrons. The lowest BCUT2D eigenvalue weighted by molar-refractivity contribution is 0.623. The first kappa shape index (κ1) is 12.0. The monoisotopic (exact) mass is 275 g/mol. The van der Waals surface area contributed by atoms with Gasteiger partial charge < -0.3 is 10.2 Å². The molecule has 0 amide bonds. The van der Waals surface area contributed by atoms with Gasteiger partial charge in [0.15, 0.2) is 0 Å². The minimum absolute atomic E-state index is 0.257. The van der Waals surface area contributed by atoms with E-state index < -0.39 is 0 Å². The minimum atomic E-state index is -0.257. The molecule has 0 aliphatic carbocycles. The average Bonchev–Trinajstić information content (AvgIpc) is 2.89. The van der Waals surface area contributed by atoms with Crippen molar-refractivity contribution in [2.24, 2.45) is 0 Å². The van der Waals surface area contributed by atoms with Crippen LogP contribution in [-0.2, 0) is 0 Å². The van der Waals surface area contributed by atoms with E-state index in [1.165, 1.54) is 6.07 Å². The molecule has 1 aromatic carbocycles. The molecule has 2 aromatic rings. The summed E-state index contributed by atoms with van der Waals surface area (Å²) >= 11 is 6.14. The fraction of sp³-hybridized carbons (Fsp3) is 0.0714. The molecule has 3 nitrogen and oxygen atoms in total. The van der Waals surface area contributed by atoms with Crippen LogP contribution >= 0.6 is 11.6 Å². The van der Waals surface area contributed by atoms with Gasteiger partial charge in [-0.1, -0.05) is 23.7 Å². The third-order valence-electron chi connectivity index (χ3n) is 2.97. The molecular formula is C14H11ClFN3. The van der Waals surface area contributed by atoms with Crippen molar-refractivity contribution in [1.82, 2.24) is 10.3 Å². The molecule has 0 bridgehead atoms. The van der Waals surface area contributed by atoms with Crippen LogP contribution in [0.2, 0.25) is 5.02 Å². The maximum atomic E-state index is 13.9. The first-order valence-corrected chi connectivity index (χ1v) is 6.20. The second-order valence-corrected chi connectivity index (χ2v) is 4.53. The lowest BCUT2D eigenvalue weighted by Gasteiger charge is -2.22. The summed E-state index contributed by atoms with van der Waals surface area (Å²) in [5.41, 5.74) is 2.10. The maximum Gasteiger partial charge on any atom is 0.132 e. The summed E-state index contributed by atoms with van der Waals surface area (Å²) in [6.45, 7) is 0.549. The van der Waals surface area contributed by atoms with E-state index in [0.29, 0.717) is 17.3 Å². The summed E-state index contributed by atoms with van der Waals surface area (Å²) < 4.78 is 13.9. The number of hydrogen-bond acceptors (Lipinski definition) is 3. The van der Waals surface area contributed by atoms with Gasteiger partial charge in [-0.05, 0) is 18.2 Å². The minimum Gasteiger partial charge on any atom is -0.372 e. The van der Waals surface area contributed by atoms with Crippen molar-refractivity contribution in [2.45, 2.75) is 0 Å². The Morgan fingerprint density at radius 3 is 2.89 bits per heavy atom. The van der Waals surface area contributed by atoms with Gasteiger partial charge in [-0.2, -0.15) is 0 Å². The largest absolute Gasteiger partial charge is 0.372 e. The van der Waals surface area contributed by atoms with E-state index in [-0.39, 0.29) is 5.82 Å². The Morgan fingerprint density at radius 1 is 1.26 bits per heavy atom. The van der Waals surface area contributed by atoms with E-state index >= 15 is 0 Å². The molecule has 1 aliphatic rings. The first-order valence-electron chi connectivity index (χ1n) is 5.83. The third kappa shape index (κ3) is 2.15. The van der Waals surface area contributed by atoms with Crippen molar-refractivity contribution in [3.63, 3.8) is 0 Å². The Labute approximate surface area is 115 Å². The number of pyridine rings is 1. The number of rotatable bonds is 2. The van der Waals surface area contributed by atoms with E-state index in [1.807, 2.05) is 17.0 Å². The van der Waals surface area contributed by atoms with Gasteiger partial charge in [0.2, 0.25) is 0 Å². The highest BCUT2D eigenvalue weighted by Gasteiger charge is 2.22. The van der Waals surface area contributed by atoms with Crippen molar-refractivity contribution in [3.05, 3.63) is 65.3 Å². The Balaban J connectivity index is 2.04. The number of halogens is 2. The Hall–Kier alpha value is -2.07. The topological polar surface area (TPSA) is 28.2 Å². The third-order valence-corrected chi connectivity index (χ3v) is 3.26. The molecule has 0 fully saturated rings. The summed E-state index contributed by atoms with van der Waals surface area (Å²) in [7, 11) is 0. The van der Waals surface area contributed by atoms with Gasteiger partial charge in [0.05, 0.1) is 23.1 Å². The second kappa shape index (κ2) is 4.90. The van der Waals surface area contributed by atoms with Crippen LogP contribution in [0.3, 0.4) is 0 Å². The molecule has 1 N–H and O–H groups in total. The van der Waals surface area contributed by atoms with Gasteiger partial charge in [0.1, 0.15) is 5.82 Å². The molecule has 0 saturated carbocycles. The Kier molecular flexibility index (Phi) is 3.09. The van der Waals surface area contributed by atoms with Crippen LogP contribution in [0, 0.1) is 5.82 Å². The van der Waals surface area contributed by atoms with Crippen LogP contribution in [0.15, 0.2) is 48.9 Å². The number of aromatic nitrogens is 1. The zero-order valence-corrected chi connectivity index (χ0v) is 10.7. The molecule has 19 heavy (non-hydrogen) atoms. The normalized spacial score (nSPS) is 14.2. The quantitative estimate of drug-likeness (QED) is 0.912. The van der Waals surface area contributed by atoms with Crippen molar-refractivity contribution in [1.29, 1.82) is 0 Å². The molecule has 0 spiro atoms. The predicted octanol–water partition coefficient (Wildman–Crippen LogP) is 3.24. The van der Waals surface area contributed by atoms with Crippen LogP contribution < -0.4 is 10.2 Å². The van der Waals surface area contributed by atoms with E-state index in [2.05, 4.69) is 10.3 Å². The number of benzene rings is 1. The van der Waals surface area contributed by atoms with Crippen LogP contribution in [0.4, 0.5) is 10.1 Å². The van der Waals surface area contributed by atoms with Crippen molar-refractivity contribution in [2.75, 3.05) is 11.6 Å². The van der Waals surface area contributed by atoms with Crippen LogP contribution in [0.25, 0.3) is 5.70 Å². The second-order valence-electron chi connectivity index (χ2n) is 4.13. The molecule has 1 aromatic heterocycles. The summed E-state index contributed by atoms with van der Waals surface area (Å²) in [6, 6.07) is 8.48. The summed E-state index contributed by atoms with van der Waals surface area (Å²) in [5.74, 6) is -0.257. The van der Waals surface area contributed by atoms with E-state index in [4.69, 9.17) is 11.6 Å². The van der Waals surface area contributed by atoms with Crippen LogP contribution in [0.1, 0.15) is 5.56 Å². The van der Waals surface area contributed by atoms with Crippen molar-refractivity contribution >= 4 is 23.0 Å². The molecule has 0 saturated heterocycles. The lowest BCUT2D eigenvalue weighted by atomic mass is 10.1. The van der Waals surface area contributed by atoms with Gasteiger partial charge in [0, 0.05) is 24.2 Å². The number of anilines is 1. The van der Waals surface area contributed by atoms with Gasteiger partial charge >= 0.3 is 0 Å². The highest BCUT2D eigenvalue weighted by atomic mass is 35.5.